The highest BCUT2D eigenvalue weighted by Gasteiger charge is 2.36. The number of hydrogen-bond acceptors (Lipinski definition) is 6. The molecule has 2 heterocycles. The Balaban J connectivity index is 2.15. The molecule has 25 heavy (non-hydrogen) atoms. The van der Waals surface area contributed by atoms with Crippen molar-refractivity contribution in [3.8, 4) is 0 Å². The summed E-state index contributed by atoms with van der Waals surface area (Å²) in [7, 11) is -3.98. The molecule has 140 valence electrons. The van der Waals surface area contributed by atoms with E-state index in [1.165, 1.54) is 25.7 Å². The van der Waals surface area contributed by atoms with E-state index in [0.717, 1.165) is 0 Å². The smallest absolute Gasteiger partial charge is 0.308 e. The van der Waals surface area contributed by atoms with Crippen LogP contribution in [-0.2, 0) is 19.6 Å². The van der Waals surface area contributed by atoms with E-state index in [9.17, 15) is 18.0 Å². The maximum absolute atomic E-state index is 12.7. The highest BCUT2D eigenvalue weighted by Crippen LogP contribution is 2.24. The topological polar surface area (TPSA) is 130 Å². The van der Waals surface area contributed by atoms with Crippen LogP contribution < -0.4 is 4.72 Å². The number of likely N-dealkylation sites (tertiary alicyclic amines) is 1. The first-order chi connectivity index (χ1) is 11.5. The molecule has 3 unspecified atom stereocenters. The molecule has 2 rings (SSSR count). The van der Waals surface area contributed by atoms with Crippen molar-refractivity contribution in [2.24, 2.45) is 5.92 Å². The first kappa shape index (κ1) is 19.4. The van der Waals surface area contributed by atoms with Gasteiger partial charge in [0.05, 0.1) is 12.0 Å². The molecular weight excluding hydrogens is 350 g/mol. The summed E-state index contributed by atoms with van der Waals surface area (Å²) in [5, 5.41) is 12.8. The van der Waals surface area contributed by atoms with Crippen molar-refractivity contribution >= 4 is 21.9 Å². The molecule has 1 saturated heterocycles. The van der Waals surface area contributed by atoms with E-state index in [2.05, 4.69) is 9.88 Å². The van der Waals surface area contributed by atoms with Gasteiger partial charge in [0.25, 0.3) is 0 Å². The number of amides is 1. The summed E-state index contributed by atoms with van der Waals surface area (Å²) in [5.74, 6) is -1.89. The average Bonchev–Trinajstić information content (AvgIpc) is 2.86. The Labute approximate surface area is 146 Å². The Morgan fingerprint density at radius 2 is 2.00 bits per heavy atom. The number of carboxylic acids is 1. The number of nitrogens with zero attached hydrogens (tertiary/aromatic N) is 2. The summed E-state index contributed by atoms with van der Waals surface area (Å²) >= 11 is 0. The van der Waals surface area contributed by atoms with Crippen LogP contribution in [0.2, 0.25) is 0 Å². The standard InChI is InChI=1S/C15H23N3O6S/c1-8-5-6-12(15(20)21)7-18(8)14(19)10(3)17-25(22,23)13-9(2)16-24-11(13)4/h8,10,12,17H,5-7H2,1-4H3,(H,20,21). The quantitative estimate of drug-likeness (QED) is 0.776. The van der Waals surface area contributed by atoms with E-state index in [4.69, 9.17) is 9.63 Å². The number of hydrogen-bond donors (Lipinski definition) is 2. The second-order valence-corrected chi connectivity index (χ2v) is 8.10. The lowest BCUT2D eigenvalue weighted by atomic mass is 9.93. The molecule has 1 aromatic rings. The molecule has 0 radical (unpaired) electrons. The van der Waals surface area contributed by atoms with E-state index >= 15 is 0 Å². The van der Waals surface area contributed by atoms with E-state index in [-0.39, 0.29) is 28.9 Å². The molecule has 0 aliphatic carbocycles. The lowest BCUT2D eigenvalue weighted by molar-refractivity contribution is -0.147. The van der Waals surface area contributed by atoms with Crippen molar-refractivity contribution in [1.82, 2.24) is 14.8 Å². The molecule has 0 aromatic carbocycles. The maximum atomic E-state index is 12.7. The fourth-order valence-electron chi connectivity index (χ4n) is 3.06. The zero-order valence-electron chi connectivity index (χ0n) is 14.6. The van der Waals surface area contributed by atoms with E-state index in [1.54, 1.807) is 0 Å². The van der Waals surface area contributed by atoms with Gasteiger partial charge in [-0.15, -0.1) is 0 Å². The van der Waals surface area contributed by atoms with Gasteiger partial charge < -0.3 is 14.5 Å². The van der Waals surface area contributed by atoms with Crippen LogP contribution in [0.4, 0.5) is 0 Å². The van der Waals surface area contributed by atoms with Crippen LogP contribution in [0.15, 0.2) is 9.42 Å². The third-order valence-corrected chi connectivity index (χ3v) is 6.24. The molecule has 0 saturated carbocycles. The first-order valence-electron chi connectivity index (χ1n) is 8.03. The number of carboxylic acid groups (broad SMARTS) is 1. The van der Waals surface area contributed by atoms with Gasteiger partial charge in [0.1, 0.15) is 10.6 Å². The fraction of sp³-hybridized carbons (Fsp3) is 0.667. The van der Waals surface area contributed by atoms with Gasteiger partial charge in [-0.05, 0) is 40.5 Å². The van der Waals surface area contributed by atoms with Crippen LogP contribution in [0.3, 0.4) is 0 Å². The number of aliphatic carboxylic acids is 1. The summed E-state index contributed by atoms with van der Waals surface area (Å²) in [6.07, 6.45) is 1.06. The molecule has 0 spiro atoms. The van der Waals surface area contributed by atoms with Crippen LogP contribution in [0.1, 0.15) is 38.1 Å². The van der Waals surface area contributed by atoms with E-state index in [1.807, 2.05) is 6.92 Å². The summed E-state index contributed by atoms with van der Waals surface area (Å²) in [6, 6.07) is -1.18. The van der Waals surface area contributed by atoms with Crippen molar-refractivity contribution in [1.29, 1.82) is 0 Å². The summed E-state index contributed by atoms with van der Waals surface area (Å²) in [5.41, 5.74) is 0.210. The zero-order valence-corrected chi connectivity index (χ0v) is 15.5. The fourth-order valence-corrected chi connectivity index (χ4v) is 4.59. The number of sulfonamides is 1. The number of aryl methyl sites for hydroxylation is 2. The SMILES string of the molecule is Cc1noc(C)c1S(=O)(=O)NC(C)C(=O)N1CC(C(=O)O)CCC1C. The molecule has 1 aliphatic rings. The van der Waals surface area contributed by atoms with E-state index < -0.39 is 33.9 Å². The van der Waals surface area contributed by atoms with Gasteiger partial charge >= 0.3 is 5.97 Å². The third-order valence-electron chi connectivity index (χ3n) is 4.45. The van der Waals surface area contributed by atoms with Gasteiger partial charge in [0.15, 0.2) is 5.76 Å². The Hall–Kier alpha value is -1.94. The van der Waals surface area contributed by atoms with Crippen LogP contribution in [-0.4, -0.2) is 54.1 Å². The first-order valence-corrected chi connectivity index (χ1v) is 9.51. The molecule has 0 bridgehead atoms. The minimum atomic E-state index is -3.98. The number of aromatic nitrogens is 1. The summed E-state index contributed by atoms with van der Waals surface area (Å²) in [6.45, 7) is 6.32. The predicted molar refractivity (Wildman–Crippen MR) is 87.3 cm³/mol. The Morgan fingerprint density at radius 3 is 2.52 bits per heavy atom. The largest absolute Gasteiger partial charge is 0.481 e. The van der Waals surface area contributed by atoms with E-state index in [0.29, 0.717) is 12.8 Å². The Bertz CT molecular complexity index is 753. The zero-order chi connectivity index (χ0) is 18.9. The highest BCUT2D eigenvalue weighted by molar-refractivity contribution is 7.89. The van der Waals surface area contributed by atoms with Crippen molar-refractivity contribution < 1.29 is 27.6 Å². The molecule has 1 aromatic heterocycles. The minimum Gasteiger partial charge on any atom is -0.481 e. The third kappa shape index (κ3) is 4.01. The Morgan fingerprint density at radius 1 is 1.36 bits per heavy atom. The van der Waals surface area contributed by atoms with Crippen LogP contribution >= 0.6 is 0 Å². The summed E-state index contributed by atoms with van der Waals surface area (Å²) < 4.78 is 32.2. The number of carbonyl (C=O) groups is 2. The van der Waals surface area contributed by atoms with Crippen LogP contribution in [0.25, 0.3) is 0 Å². The van der Waals surface area contributed by atoms with Crippen LogP contribution in [0, 0.1) is 19.8 Å². The Kier molecular flexibility index (Phi) is 5.52. The van der Waals surface area contributed by atoms with Gasteiger partial charge in [-0.2, -0.15) is 4.72 Å². The average molecular weight is 373 g/mol. The lowest BCUT2D eigenvalue weighted by Crippen LogP contribution is -2.54. The van der Waals surface area contributed by atoms with Gasteiger partial charge in [0, 0.05) is 12.6 Å². The van der Waals surface area contributed by atoms with Gasteiger partial charge in [0.2, 0.25) is 15.9 Å². The minimum absolute atomic E-state index is 0.0761. The second kappa shape index (κ2) is 7.12. The number of piperidine rings is 1. The normalized spacial score (nSPS) is 22.6. The number of carbonyl (C=O) groups excluding carboxylic acids is 1. The second-order valence-electron chi connectivity index (χ2n) is 6.45. The van der Waals surface area contributed by atoms with Crippen molar-refractivity contribution in [3.63, 3.8) is 0 Å². The molecular formula is C15H23N3O6S. The molecule has 1 aliphatic heterocycles. The van der Waals surface area contributed by atoms with Crippen molar-refractivity contribution in [2.45, 2.75) is 57.5 Å². The highest BCUT2D eigenvalue weighted by atomic mass is 32.2. The molecule has 1 amide bonds. The van der Waals surface area contributed by atoms with Crippen molar-refractivity contribution in [2.75, 3.05) is 6.54 Å². The van der Waals surface area contributed by atoms with Gasteiger partial charge in [-0.3, -0.25) is 9.59 Å². The summed E-state index contributed by atoms with van der Waals surface area (Å²) in [4.78, 5) is 25.2. The van der Waals surface area contributed by atoms with Gasteiger partial charge in [-0.1, -0.05) is 5.16 Å². The number of nitrogens with one attached hydrogen (secondary N) is 1. The predicted octanol–water partition coefficient (Wildman–Crippen LogP) is 0.670. The molecule has 2 N–H and O–H groups in total. The monoisotopic (exact) mass is 373 g/mol. The molecule has 1 fully saturated rings. The van der Waals surface area contributed by atoms with Crippen molar-refractivity contribution in [3.05, 3.63) is 11.5 Å². The lowest BCUT2D eigenvalue weighted by Gasteiger charge is -2.38. The maximum Gasteiger partial charge on any atom is 0.308 e. The molecule has 9 nitrogen and oxygen atoms in total. The van der Waals surface area contributed by atoms with Gasteiger partial charge in [-0.25, -0.2) is 8.42 Å². The molecule has 3 atom stereocenters. The van der Waals surface area contributed by atoms with Crippen LogP contribution in [0.5, 0.6) is 0 Å². The number of rotatable bonds is 5. The molecule has 10 heteroatoms.